The van der Waals surface area contributed by atoms with E-state index >= 15 is 0 Å². The zero-order chi connectivity index (χ0) is 19.9. The minimum Gasteiger partial charge on any atom is -0.352 e. The molecule has 0 fully saturated rings. The molecular weight excluding hydrogens is 377 g/mol. The van der Waals surface area contributed by atoms with Gasteiger partial charge in [-0.1, -0.05) is 30.7 Å². The van der Waals surface area contributed by atoms with Gasteiger partial charge in [0.25, 0.3) is 5.56 Å². The van der Waals surface area contributed by atoms with E-state index in [0.29, 0.717) is 29.7 Å². The standard InChI is InChI=1S/C21H22FN3O2S/c22-16-11-9-15(10-12-16)14-23-19(26)8-2-1-5-13-25-20(27)17-6-3-4-7-18(17)24-21(25)28/h3-4,6-7,9-12H,1-2,5,8,13-14H2,(H,23,26)(H,24,28). The molecule has 28 heavy (non-hydrogen) atoms. The Morgan fingerprint density at radius 2 is 1.82 bits per heavy atom. The largest absolute Gasteiger partial charge is 0.352 e. The van der Waals surface area contributed by atoms with Crippen molar-refractivity contribution in [2.45, 2.75) is 38.8 Å². The van der Waals surface area contributed by atoms with Crippen molar-refractivity contribution in [2.24, 2.45) is 0 Å². The number of nitrogens with one attached hydrogen (secondary N) is 2. The molecule has 0 aliphatic carbocycles. The van der Waals surface area contributed by atoms with Gasteiger partial charge in [0, 0.05) is 19.5 Å². The maximum absolute atomic E-state index is 12.9. The van der Waals surface area contributed by atoms with Gasteiger partial charge in [0.1, 0.15) is 5.82 Å². The first-order valence-electron chi connectivity index (χ1n) is 9.27. The van der Waals surface area contributed by atoms with Gasteiger partial charge in [-0.3, -0.25) is 14.2 Å². The Kier molecular flexibility index (Phi) is 6.71. The highest BCUT2D eigenvalue weighted by molar-refractivity contribution is 7.71. The van der Waals surface area contributed by atoms with Crippen LogP contribution in [0.2, 0.25) is 0 Å². The molecule has 0 spiro atoms. The molecule has 146 valence electrons. The molecule has 1 heterocycles. The van der Waals surface area contributed by atoms with Crippen LogP contribution < -0.4 is 10.9 Å². The molecule has 0 radical (unpaired) electrons. The number of carbonyl (C=O) groups is 1. The number of amides is 1. The van der Waals surface area contributed by atoms with Crippen molar-refractivity contribution in [3.63, 3.8) is 0 Å². The zero-order valence-corrected chi connectivity index (χ0v) is 16.2. The van der Waals surface area contributed by atoms with E-state index in [2.05, 4.69) is 10.3 Å². The Hall–Kier alpha value is -2.80. The average Bonchev–Trinajstić information content (AvgIpc) is 2.69. The van der Waals surface area contributed by atoms with E-state index in [-0.39, 0.29) is 17.3 Å². The Labute approximate surface area is 167 Å². The van der Waals surface area contributed by atoms with E-state index in [1.165, 1.54) is 12.1 Å². The van der Waals surface area contributed by atoms with Gasteiger partial charge in [-0.05, 0) is 54.9 Å². The number of benzene rings is 2. The van der Waals surface area contributed by atoms with E-state index in [0.717, 1.165) is 30.3 Å². The summed E-state index contributed by atoms with van der Waals surface area (Å²) in [6.45, 7) is 0.914. The van der Waals surface area contributed by atoms with Gasteiger partial charge in [0.05, 0.1) is 10.9 Å². The van der Waals surface area contributed by atoms with Crippen molar-refractivity contribution in [1.29, 1.82) is 0 Å². The second-order valence-corrected chi connectivity index (χ2v) is 7.03. The average molecular weight is 399 g/mol. The Bertz CT molecular complexity index is 1070. The SMILES string of the molecule is O=C(CCCCCn1c(=S)[nH]c2ccccc2c1=O)NCc1ccc(F)cc1. The maximum Gasteiger partial charge on any atom is 0.262 e. The molecule has 7 heteroatoms. The third-order valence-electron chi connectivity index (χ3n) is 4.58. The Balaban J connectivity index is 1.43. The van der Waals surface area contributed by atoms with Gasteiger partial charge in [-0.25, -0.2) is 4.39 Å². The van der Waals surface area contributed by atoms with Crippen LogP contribution in [0.4, 0.5) is 4.39 Å². The highest BCUT2D eigenvalue weighted by atomic mass is 32.1. The summed E-state index contributed by atoms with van der Waals surface area (Å²) in [5, 5.41) is 3.45. The number of fused-ring (bicyclic) bond motifs is 1. The van der Waals surface area contributed by atoms with Crippen LogP contribution in [0.15, 0.2) is 53.3 Å². The number of carbonyl (C=O) groups excluding carboxylic acids is 1. The normalized spacial score (nSPS) is 10.9. The third-order valence-corrected chi connectivity index (χ3v) is 4.90. The van der Waals surface area contributed by atoms with Gasteiger partial charge in [-0.2, -0.15) is 0 Å². The predicted octanol–water partition coefficient (Wildman–Crippen LogP) is 4.07. The number of hydrogen-bond donors (Lipinski definition) is 2. The first kappa shape index (κ1) is 19.9. The van der Waals surface area contributed by atoms with Gasteiger partial charge in [-0.15, -0.1) is 0 Å². The fourth-order valence-corrected chi connectivity index (χ4v) is 3.31. The number of unbranched alkanes of at least 4 members (excludes halogenated alkanes) is 2. The number of halogens is 1. The summed E-state index contributed by atoms with van der Waals surface area (Å²) >= 11 is 5.30. The lowest BCUT2D eigenvalue weighted by atomic mass is 10.1. The van der Waals surface area contributed by atoms with Crippen molar-refractivity contribution >= 4 is 29.0 Å². The van der Waals surface area contributed by atoms with Crippen LogP contribution in [-0.4, -0.2) is 15.5 Å². The first-order chi connectivity index (χ1) is 13.5. The topological polar surface area (TPSA) is 66.9 Å². The summed E-state index contributed by atoms with van der Waals surface area (Å²) in [7, 11) is 0. The van der Waals surface area contributed by atoms with Gasteiger partial charge in [0.15, 0.2) is 4.77 Å². The van der Waals surface area contributed by atoms with Gasteiger partial charge < -0.3 is 10.3 Å². The lowest BCUT2D eigenvalue weighted by Crippen LogP contribution is -2.23. The van der Waals surface area contributed by atoms with Crippen LogP contribution in [0.1, 0.15) is 31.2 Å². The summed E-state index contributed by atoms with van der Waals surface area (Å²) in [6, 6.07) is 13.4. The van der Waals surface area contributed by atoms with E-state index in [9.17, 15) is 14.0 Å². The third kappa shape index (κ3) is 5.13. The molecule has 3 rings (SSSR count). The van der Waals surface area contributed by atoms with E-state index in [1.807, 2.05) is 18.2 Å². The number of rotatable bonds is 8. The van der Waals surface area contributed by atoms with Crippen molar-refractivity contribution < 1.29 is 9.18 Å². The van der Waals surface area contributed by atoms with Gasteiger partial charge >= 0.3 is 0 Å². The second-order valence-electron chi connectivity index (χ2n) is 6.65. The van der Waals surface area contributed by atoms with Crippen molar-refractivity contribution in [3.8, 4) is 0 Å². The van der Waals surface area contributed by atoms with Crippen LogP contribution >= 0.6 is 12.2 Å². The molecule has 2 N–H and O–H groups in total. The van der Waals surface area contributed by atoms with Crippen LogP contribution in [0, 0.1) is 10.6 Å². The Morgan fingerprint density at radius 3 is 2.61 bits per heavy atom. The van der Waals surface area contributed by atoms with Crippen LogP contribution in [0.3, 0.4) is 0 Å². The molecule has 2 aromatic carbocycles. The fourth-order valence-electron chi connectivity index (χ4n) is 3.03. The first-order valence-corrected chi connectivity index (χ1v) is 9.68. The van der Waals surface area contributed by atoms with Crippen molar-refractivity contribution in [1.82, 2.24) is 14.9 Å². The summed E-state index contributed by atoms with van der Waals surface area (Å²) in [4.78, 5) is 27.5. The smallest absolute Gasteiger partial charge is 0.262 e. The lowest BCUT2D eigenvalue weighted by Gasteiger charge is -2.08. The number of nitrogens with zero attached hydrogens (tertiary/aromatic N) is 1. The quantitative estimate of drug-likeness (QED) is 0.443. The van der Waals surface area contributed by atoms with Crippen molar-refractivity contribution in [3.05, 3.63) is 75.0 Å². The van der Waals surface area contributed by atoms with E-state index in [4.69, 9.17) is 12.2 Å². The number of H-pyrrole nitrogens is 1. The monoisotopic (exact) mass is 399 g/mol. The lowest BCUT2D eigenvalue weighted by molar-refractivity contribution is -0.121. The van der Waals surface area contributed by atoms with Crippen molar-refractivity contribution in [2.75, 3.05) is 0 Å². The van der Waals surface area contributed by atoms with Crippen LogP contribution in [0.25, 0.3) is 10.9 Å². The molecule has 0 atom stereocenters. The molecule has 1 amide bonds. The summed E-state index contributed by atoms with van der Waals surface area (Å²) < 4.78 is 14.8. The molecule has 5 nitrogen and oxygen atoms in total. The number of hydrogen-bond acceptors (Lipinski definition) is 3. The predicted molar refractivity (Wildman–Crippen MR) is 110 cm³/mol. The van der Waals surface area contributed by atoms with E-state index < -0.39 is 0 Å². The molecule has 1 aromatic heterocycles. The Morgan fingerprint density at radius 1 is 1.07 bits per heavy atom. The number of para-hydroxylation sites is 1. The fraction of sp³-hybridized carbons (Fsp3) is 0.286. The zero-order valence-electron chi connectivity index (χ0n) is 15.4. The molecule has 0 bridgehead atoms. The van der Waals surface area contributed by atoms with Crippen LogP contribution in [0.5, 0.6) is 0 Å². The maximum atomic E-state index is 12.9. The van der Waals surface area contributed by atoms with Crippen LogP contribution in [-0.2, 0) is 17.9 Å². The minimum absolute atomic E-state index is 0.0375. The molecular formula is C21H22FN3O2S. The highest BCUT2D eigenvalue weighted by Crippen LogP contribution is 2.08. The number of aromatic nitrogens is 2. The minimum atomic E-state index is -0.291. The van der Waals surface area contributed by atoms with Gasteiger partial charge in [0.2, 0.25) is 5.91 Å². The van der Waals surface area contributed by atoms with E-state index in [1.54, 1.807) is 22.8 Å². The molecule has 0 aliphatic heterocycles. The molecule has 0 saturated heterocycles. The highest BCUT2D eigenvalue weighted by Gasteiger charge is 2.06. The number of aromatic amines is 1. The second kappa shape index (κ2) is 9.41. The molecule has 0 unspecified atom stereocenters. The summed E-state index contributed by atoms with van der Waals surface area (Å²) in [6.07, 6.45) is 2.73. The molecule has 0 saturated carbocycles. The molecule has 0 aliphatic rings. The molecule has 3 aromatic rings. The summed E-state index contributed by atoms with van der Waals surface area (Å²) in [5.74, 6) is -0.329. The summed E-state index contributed by atoms with van der Waals surface area (Å²) in [5.41, 5.74) is 1.52.